The molecule has 3 rings (SSSR count). The van der Waals surface area contributed by atoms with E-state index < -0.39 is 0 Å². The number of benzene rings is 2. The summed E-state index contributed by atoms with van der Waals surface area (Å²) in [6.07, 6.45) is 4.53. The summed E-state index contributed by atoms with van der Waals surface area (Å²) in [5, 5.41) is 5.37. The van der Waals surface area contributed by atoms with Gasteiger partial charge in [-0.05, 0) is 48.5 Å². The fourth-order valence-corrected chi connectivity index (χ4v) is 2.84. The van der Waals surface area contributed by atoms with Crippen LogP contribution in [0, 0.1) is 0 Å². The summed E-state index contributed by atoms with van der Waals surface area (Å²) in [7, 11) is 1.57. The number of furan rings is 1. The fourth-order valence-electron chi connectivity index (χ4n) is 2.46. The summed E-state index contributed by atoms with van der Waals surface area (Å²) in [6.45, 7) is 0. The van der Waals surface area contributed by atoms with Crippen LogP contribution in [0.25, 0.3) is 6.08 Å². The normalized spacial score (nSPS) is 10.6. The zero-order valence-corrected chi connectivity index (χ0v) is 16.5. The molecule has 0 aliphatic heterocycles. The SMILES string of the molecule is COc1ccc(Br)cc1C=CC(=O)Nc1cccc(C(=O)Nc2ccco2)c1. The Labute approximate surface area is 170 Å². The van der Waals surface area contributed by atoms with Crippen molar-refractivity contribution in [3.63, 3.8) is 0 Å². The Morgan fingerprint density at radius 2 is 1.93 bits per heavy atom. The number of halogens is 1. The Bertz CT molecular complexity index is 1010. The van der Waals surface area contributed by atoms with Gasteiger partial charge in [0.05, 0.1) is 13.4 Å². The smallest absolute Gasteiger partial charge is 0.258 e. The molecule has 0 radical (unpaired) electrons. The quantitative estimate of drug-likeness (QED) is 0.531. The zero-order chi connectivity index (χ0) is 19.9. The van der Waals surface area contributed by atoms with Crippen LogP contribution in [0.15, 0.2) is 75.8 Å². The molecule has 7 heteroatoms. The second kappa shape index (κ2) is 9.05. The topological polar surface area (TPSA) is 80.6 Å². The molecule has 3 aromatic rings. The largest absolute Gasteiger partial charge is 0.496 e. The predicted molar refractivity (Wildman–Crippen MR) is 111 cm³/mol. The van der Waals surface area contributed by atoms with Crippen LogP contribution >= 0.6 is 15.9 Å². The summed E-state index contributed by atoms with van der Waals surface area (Å²) >= 11 is 3.39. The lowest BCUT2D eigenvalue weighted by Gasteiger charge is -2.07. The number of carbonyl (C=O) groups is 2. The van der Waals surface area contributed by atoms with Crippen LogP contribution in [-0.4, -0.2) is 18.9 Å². The average Bonchev–Trinajstić information content (AvgIpc) is 3.19. The van der Waals surface area contributed by atoms with E-state index in [9.17, 15) is 9.59 Å². The Kier molecular flexibility index (Phi) is 6.29. The lowest BCUT2D eigenvalue weighted by Crippen LogP contribution is -2.13. The number of methoxy groups -OCH3 is 1. The fraction of sp³-hybridized carbons (Fsp3) is 0.0476. The molecule has 0 aliphatic rings. The van der Waals surface area contributed by atoms with Gasteiger partial charge in [-0.3, -0.25) is 14.9 Å². The van der Waals surface area contributed by atoms with Gasteiger partial charge in [-0.25, -0.2) is 0 Å². The van der Waals surface area contributed by atoms with Gasteiger partial charge in [-0.2, -0.15) is 0 Å². The van der Waals surface area contributed by atoms with Crippen LogP contribution in [0.1, 0.15) is 15.9 Å². The number of carbonyl (C=O) groups excluding carboxylic acids is 2. The molecule has 0 saturated carbocycles. The molecule has 1 aromatic heterocycles. The number of amides is 2. The second-order valence-corrected chi connectivity index (χ2v) is 6.64. The van der Waals surface area contributed by atoms with E-state index in [1.807, 2.05) is 18.2 Å². The lowest BCUT2D eigenvalue weighted by atomic mass is 10.1. The first-order chi connectivity index (χ1) is 13.5. The molecule has 0 bridgehead atoms. The molecule has 0 atom stereocenters. The minimum Gasteiger partial charge on any atom is -0.496 e. The molecule has 142 valence electrons. The summed E-state index contributed by atoms with van der Waals surface area (Å²) in [4.78, 5) is 24.5. The molecule has 0 spiro atoms. The van der Waals surface area contributed by atoms with Gasteiger partial charge >= 0.3 is 0 Å². The first-order valence-corrected chi connectivity index (χ1v) is 9.12. The Morgan fingerprint density at radius 3 is 2.68 bits per heavy atom. The van der Waals surface area contributed by atoms with E-state index in [1.54, 1.807) is 49.6 Å². The van der Waals surface area contributed by atoms with Crippen molar-refractivity contribution >= 4 is 45.4 Å². The van der Waals surface area contributed by atoms with Crippen molar-refractivity contribution < 1.29 is 18.7 Å². The molecule has 6 nitrogen and oxygen atoms in total. The number of hydrogen-bond donors (Lipinski definition) is 2. The maximum absolute atomic E-state index is 12.2. The molecule has 0 unspecified atom stereocenters. The van der Waals surface area contributed by atoms with Gasteiger partial charge in [0.15, 0.2) is 5.88 Å². The molecular weight excluding hydrogens is 424 g/mol. The third kappa shape index (κ3) is 5.11. The van der Waals surface area contributed by atoms with Crippen molar-refractivity contribution in [2.24, 2.45) is 0 Å². The molecule has 0 saturated heterocycles. The number of rotatable bonds is 6. The first kappa shape index (κ1) is 19.4. The van der Waals surface area contributed by atoms with Gasteiger partial charge in [0.2, 0.25) is 5.91 Å². The Morgan fingerprint density at radius 1 is 1.07 bits per heavy atom. The van der Waals surface area contributed by atoms with Crippen molar-refractivity contribution in [3.8, 4) is 5.75 Å². The van der Waals surface area contributed by atoms with E-state index >= 15 is 0 Å². The zero-order valence-electron chi connectivity index (χ0n) is 14.9. The van der Waals surface area contributed by atoms with E-state index in [4.69, 9.17) is 9.15 Å². The van der Waals surface area contributed by atoms with Crippen molar-refractivity contribution in [3.05, 3.63) is 82.5 Å². The van der Waals surface area contributed by atoms with E-state index in [1.165, 1.54) is 12.3 Å². The van der Waals surface area contributed by atoms with E-state index in [0.717, 1.165) is 10.0 Å². The van der Waals surface area contributed by atoms with Crippen molar-refractivity contribution in [2.45, 2.75) is 0 Å². The molecule has 28 heavy (non-hydrogen) atoms. The molecule has 2 N–H and O–H groups in total. The maximum Gasteiger partial charge on any atom is 0.258 e. The number of ether oxygens (including phenoxy) is 1. The van der Waals surface area contributed by atoms with Crippen LogP contribution < -0.4 is 15.4 Å². The van der Waals surface area contributed by atoms with E-state index in [-0.39, 0.29) is 11.8 Å². The van der Waals surface area contributed by atoms with E-state index in [2.05, 4.69) is 26.6 Å². The highest BCUT2D eigenvalue weighted by molar-refractivity contribution is 9.10. The van der Waals surface area contributed by atoms with Gasteiger partial charge < -0.3 is 14.5 Å². The highest BCUT2D eigenvalue weighted by atomic mass is 79.9. The number of anilines is 2. The minimum atomic E-state index is -0.333. The lowest BCUT2D eigenvalue weighted by molar-refractivity contribution is -0.111. The van der Waals surface area contributed by atoms with E-state index in [0.29, 0.717) is 22.9 Å². The van der Waals surface area contributed by atoms with Gasteiger partial charge in [-0.1, -0.05) is 22.0 Å². The van der Waals surface area contributed by atoms with Crippen LogP contribution in [-0.2, 0) is 4.79 Å². The molecule has 0 fully saturated rings. The monoisotopic (exact) mass is 440 g/mol. The number of hydrogen-bond acceptors (Lipinski definition) is 4. The van der Waals surface area contributed by atoms with Gasteiger partial charge in [0, 0.05) is 33.4 Å². The second-order valence-electron chi connectivity index (χ2n) is 5.72. The molecule has 0 aliphatic carbocycles. The predicted octanol–water partition coefficient (Wildman–Crippen LogP) is 4.95. The van der Waals surface area contributed by atoms with Gasteiger partial charge in [0.1, 0.15) is 5.75 Å². The molecular formula is C21H17BrN2O4. The molecule has 2 amide bonds. The highest BCUT2D eigenvalue weighted by Gasteiger charge is 2.09. The van der Waals surface area contributed by atoms with Crippen LogP contribution in [0.2, 0.25) is 0 Å². The highest BCUT2D eigenvalue weighted by Crippen LogP contribution is 2.24. The number of nitrogens with one attached hydrogen (secondary N) is 2. The summed E-state index contributed by atoms with van der Waals surface area (Å²) in [5.74, 6) is 0.347. The maximum atomic E-state index is 12.2. The third-order valence-electron chi connectivity index (χ3n) is 3.76. The van der Waals surface area contributed by atoms with Crippen molar-refractivity contribution in [1.29, 1.82) is 0 Å². The third-order valence-corrected chi connectivity index (χ3v) is 4.25. The Hall–Kier alpha value is -3.32. The van der Waals surface area contributed by atoms with Crippen LogP contribution in [0.4, 0.5) is 11.6 Å². The van der Waals surface area contributed by atoms with Crippen molar-refractivity contribution in [2.75, 3.05) is 17.7 Å². The molecule has 2 aromatic carbocycles. The average molecular weight is 441 g/mol. The van der Waals surface area contributed by atoms with Crippen molar-refractivity contribution in [1.82, 2.24) is 0 Å². The summed E-state index contributed by atoms with van der Waals surface area (Å²) < 4.78 is 11.3. The van der Waals surface area contributed by atoms with Crippen LogP contribution in [0.5, 0.6) is 5.75 Å². The summed E-state index contributed by atoms with van der Waals surface area (Å²) in [6, 6.07) is 15.5. The minimum absolute atomic E-state index is 0.328. The van der Waals surface area contributed by atoms with Gasteiger partial charge in [-0.15, -0.1) is 0 Å². The summed E-state index contributed by atoms with van der Waals surface area (Å²) in [5.41, 5.74) is 1.66. The molecule has 1 heterocycles. The van der Waals surface area contributed by atoms with Crippen LogP contribution in [0.3, 0.4) is 0 Å². The first-order valence-electron chi connectivity index (χ1n) is 8.32. The van der Waals surface area contributed by atoms with Gasteiger partial charge in [0.25, 0.3) is 5.91 Å². The standard InChI is InChI=1S/C21H17BrN2O4/c1-27-18-9-8-16(22)12-14(18)7-10-19(25)23-17-5-2-4-15(13-17)21(26)24-20-6-3-11-28-20/h2-13H,1H3,(H,23,25)(H,24,26). The Balaban J connectivity index is 1.67.